The van der Waals surface area contributed by atoms with Crippen molar-refractivity contribution < 1.29 is 18.3 Å². The molecule has 0 spiro atoms. The molecule has 0 saturated heterocycles. The Kier molecular flexibility index (Phi) is 4.82. The van der Waals surface area contributed by atoms with Gasteiger partial charge in [0.15, 0.2) is 5.67 Å². The number of carbonyl (C=O) groups excluding carboxylic acids is 1. The second kappa shape index (κ2) is 7.43. The number of rotatable bonds is 4. The fourth-order valence-corrected chi connectivity index (χ4v) is 3.60. The number of nitrogens with one attached hydrogen (secondary N) is 1. The van der Waals surface area contributed by atoms with Crippen LogP contribution in [0.25, 0.3) is 5.57 Å². The van der Waals surface area contributed by atoms with Gasteiger partial charge in [0, 0.05) is 0 Å². The summed E-state index contributed by atoms with van der Waals surface area (Å²) in [5.41, 5.74) is 0.687. The summed E-state index contributed by atoms with van der Waals surface area (Å²) in [7, 11) is 0. The molecule has 2 aliphatic carbocycles. The number of hydrogen-bond acceptors (Lipinski definition) is 2. The highest BCUT2D eigenvalue weighted by Gasteiger charge is 2.45. The zero-order valence-electron chi connectivity index (χ0n) is 15.1. The minimum atomic E-state index is -2.20. The van der Waals surface area contributed by atoms with Crippen LogP contribution in [0.5, 0.6) is 0 Å². The lowest BCUT2D eigenvalue weighted by atomic mass is 9.82. The number of alkyl carbamates (subject to hydrolysis) is 1. The van der Waals surface area contributed by atoms with Gasteiger partial charge in [0.1, 0.15) is 12.4 Å². The van der Waals surface area contributed by atoms with Gasteiger partial charge in [-0.2, -0.15) is 0 Å². The molecule has 2 atom stereocenters. The largest absolute Gasteiger partial charge is 0.445 e. The third-order valence-corrected chi connectivity index (χ3v) is 4.98. The first kappa shape index (κ1) is 18.2. The van der Waals surface area contributed by atoms with Crippen LogP contribution in [0.15, 0.2) is 84.7 Å². The lowest BCUT2D eigenvalue weighted by molar-refractivity contribution is 0.129. The third-order valence-electron chi connectivity index (χ3n) is 4.98. The molecule has 1 amide bonds. The molecule has 0 heterocycles. The maximum atomic E-state index is 16.1. The number of allylic oxidation sites excluding steroid dienone is 3. The van der Waals surface area contributed by atoms with E-state index in [-0.39, 0.29) is 6.61 Å². The predicted molar refractivity (Wildman–Crippen MR) is 104 cm³/mol. The SMILES string of the molecule is O=C(NC1C=CC(F)=CC1(F)C1=CCc2ccccc21)OCc1ccccc1. The predicted octanol–water partition coefficient (Wildman–Crippen LogP) is 5.05. The number of carbonyl (C=O) groups is 1. The molecular weight excluding hydrogens is 360 g/mol. The van der Waals surface area contributed by atoms with Crippen LogP contribution in [0.4, 0.5) is 13.6 Å². The Balaban J connectivity index is 1.53. The lowest BCUT2D eigenvalue weighted by Gasteiger charge is -2.33. The molecule has 0 aromatic heterocycles. The van der Waals surface area contributed by atoms with Crippen LogP contribution >= 0.6 is 0 Å². The molecular formula is C23H19F2NO2. The number of fused-ring (bicyclic) bond motifs is 1. The fourth-order valence-electron chi connectivity index (χ4n) is 3.60. The maximum absolute atomic E-state index is 16.1. The molecule has 2 aromatic carbocycles. The van der Waals surface area contributed by atoms with Crippen LogP contribution in [0, 0.1) is 0 Å². The summed E-state index contributed by atoms with van der Waals surface area (Å²) >= 11 is 0. The second-order valence-corrected chi connectivity index (χ2v) is 6.82. The van der Waals surface area contributed by atoms with Gasteiger partial charge in [-0.3, -0.25) is 0 Å². The van der Waals surface area contributed by atoms with E-state index in [1.807, 2.05) is 54.6 Å². The van der Waals surface area contributed by atoms with E-state index >= 15 is 4.39 Å². The van der Waals surface area contributed by atoms with Gasteiger partial charge in [0.2, 0.25) is 0 Å². The molecule has 0 radical (unpaired) electrons. The fraction of sp³-hybridized carbons (Fsp3) is 0.174. The van der Waals surface area contributed by atoms with Crippen LogP contribution < -0.4 is 5.32 Å². The molecule has 0 fully saturated rings. The number of halogens is 2. The average Bonchev–Trinajstić information content (AvgIpc) is 3.14. The second-order valence-electron chi connectivity index (χ2n) is 6.82. The van der Waals surface area contributed by atoms with E-state index < -0.39 is 23.6 Å². The topological polar surface area (TPSA) is 38.3 Å². The van der Waals surface area contributed by atoms with Gasteiger partial charge >= 0.3 is 6.09 Å². The quantitative estimate of drug-likeness (QED) is 0.807. The van der Waals surface area contributed by atoms with Crippen molar-refractivity contribution in [3.05, 3.63) is 101 Å². The smallest absolute Gasteiger partial charge is 0.408 e. The van der Waals surface area contributed by atoms with Crippen molar-refractivity contribution in [2.45, 2.75) is 24.7 Å². The van der Waals surface area contributed by atoms with Crippen molar-refractivity contribution in [1.29, 1.82) is 0 Å². The third kappa shape index (κ3) is 3.48. The van der Waals surface area contributed by atoms with E-state index in [1.165, 1.54) is 6.08 Å². The summed E-state index contributed by atoms with van der Waals surface area (Å²) in [6.07, 6.45) is 4.95. The highest BCUT2D eigenvalue weighted by atomic mass is 19.1. The minimum Gasteiger partial charge on any atom is -0.445 e. The number of alkyl halides is 1. The molecule has 3 nitrogen and oxygen atoms in total. The Morgan fingerprint density at radius 3 is 2.71 bits per heavy atom. The van der Waals surface area contributed by atoms with Crippen molar-refractivity contribution in [2.75, 3.05) is 0 Å². The molecule has 2 aromatic rings. The van der Waals surface area contributed by atoms with Gasteiger partial charge in [0.05, 0.1) is 6.04 Å². The molecule has 1 N–H and O–H groups in total. The molecule has 2 unspecified atom stereocenters. The summed E-state index contributed by atoms with van der Waals surface area (Å²) in [4.78, 5) is 12.2. The normalized spacial score (nSPS) is 22.9. The van der Waals surface area contributed by atoms with Gasteiger partial charge in [-0.15, -0.1) is 0 Å². The van der Waals surface area contributed by atoms with Gasteiger partial charge in [0.25, 0.3) is 0 Å². The lowest BCUT2D eigenvalue weighted by Crippen LogP contribution is -2.49. The average molecular weight is 379 g/mol. The van der Waals surface area contributed by atoms with Crippen LogP contribution in [-0.4, -0.2) is 17.8 Å². The first-order chi connectivity index (χ1) is 13.6. The van der Waals surface area contributed by atoms with Crippen molar-refractivity contribution in [1.82, 2.24) is 5.32 Å². The van der Waals surface area contributed by atoms with E-state index in [0.717, 1.165) is 28.8 Å². The molecule has 0 bridgehead atoms. The zero-order valence-corrected chi connectivity index (χ0v) is 15.1. The standard InChI is InChI=1S/C23H19F2NO2/c24-18-11-13-21(26-22(27)28-15-16-6-2-1-3-7-16)23(25,14-18)20-12-10-17-8-4-5-9-19(17)20/h1-9,11-14,21H,10,15H2,(H,26,27). The number of amides is 1. The van der Waals surface area contributed by atoms with E-state index in [1.54, 1.807) is 6.08 Å². The van der Waals surface area contributed by atoms with Crippen molar-refractivity contribution in [3.63, 3.8) is 0 Å². The summed E-state index contributed by atoms with van der Waals surface area (Å²) < 4.78 is 35.2. The first-order valence-electron chi connectivity index (χ1n) is 9.08. The summed E-state index contributed by atoms with van der Waals surface area (Å²) in [6.45, 7) is 0.0676. The van der Waals surface area contributed by atoms with E-state index in [2.05, 4.69) is 5.32 Å². The first-order valence-corrected chi connectivity index (χ1v) is 9.08. The van der Waals surface area contributed by atoms with E-state index in [4.69, 9.17) is 4.74 Å². The van der Waals surface area contributed by atoms with E-state index in [9.17, 15) is 9.18 Å². The highest BCUT2D eigenvalue weighted by molar-refractivity contribution is 5.82. The molecule has 28 heavy (non-hydrogen) atoms. The van der Waals surface area contributed by atoms with Crippen LogP contribution in [0.2, 0.25) is 0 Å². The van der Waals surface area contributed by atoms with Gasteiger partial charge in [-0.1, -0.05) is 66.7 Å². The van der Waals surface area contributed by atoms with Crippen LogP contribution in [0.1, 0.15) is 16.7 Å². The number of benzene rings is 2. The Labute approximate surface area is 162 Å². The molecule has 2 aliphatic rings. The monoisotopic (exact) mass is 379 g/mol. The van der Waals surface area contributed by atoms with Crippen LogP contribution in [0.3, 0.4) is 0 Å². The van der Waals surface area contributed by atoms with Crippen LogP contribution in [-0.2, 0) is 17.8 Å². The molecule has 142 valence electrons. The molecule has 0 aliphatic heterocycles. The molecule has 5 heteroatoms. The van der Waals surface area contributed by atoms with Gasteiger partial charge in [-0.05, 0) is 40.8 Å². The Bertz CT molecular complexity index is 981. The van der Waals surface area contributed by atoms with Gasteiger partial charge < -0.3 is 10.1 Å². The summed E-state index contributed by atoms with van der Waals surface area (Å²) in [5.74, 6) is -0.677. The maximum Gasteiger partial charge on any atom is 0.408 e. The molecule has 4 rings (SSSR count). The summed E-state index contributed by atoms with van der Waals surface area (Å²) in [5, 5.41) is 2.53. The Hall–Kier alpha value is -3.21. The van der Waals surface area contributed by atoms with Crippen molar-refractivity contribution in [3.8, 4) is 0 Å². The Morgan fingerprint density at radius 1 is 1.14 bits per heavy atom. The highest BCUT2D eigenvalue weighted by Crippen LogP contribution is 2.43. The summed E-state index contributed by atoms with van der Waals surface area (Å²) in [6, 6.07) is 15.5. The molecule has 0 saturated carbocycles. The zero-order chi connectivity index (χ0) is 19.6. The van der Waals surface area contributed by atoms with E-state index in [0.29, 0.717) is 12.0 Å². The number of ether oxygens (including phenoxy) is 1. The van der Waals surface area contributed by atoms with Gasteiger partial charge in [-0.25, -0.2) is 13.6 Å². The minimum absolute atomic E-state index is 0.0676. The number of hydrogen-bond donors (Lipinski definition) is 1. The van der Waals surface area contributed by atoms with Crippen molar-refractivity contribution in [2.24, 2.45) is 0 Å². The van der Waals surface area contributed by atoms with Crippen molar-refractivity contribution >= 4 is 11.7 Å². The Morgan fingerprint density at radius 2 is 1.89 bits per heavy atom.